The molecule has 0 aliphatic heterocycles. The maximum atomic E-state index is 13.7. The largest absolute Gasteiger partial charge is 0.207 e. The first-order valence-corrected chi connectivity index (χ1v) is 6.98. The van der Waals surface area contributed by atoms with E-state index < -0.39 is 0 Å². The summed E-state index contributed by atoms with van der Waals surface area (Å²) in [6.45, 7) is 0. The lowest BCUT2D eigenvalue weighted by Gasteiger charge is -2.26. The molecule has 1 aromatic rings. The molecule has 0 radical (unpaired) electrons. The minimum absolute atomic E-state index is 0.111. The van der Waals surface area contributed by atoms with Gasteiger partial charge in [0.25, 0.3) is 0 Å². The number of alkyl halides is 1. The summed E-state index contributed by atoms with van der Waals surface area (Å²) in [7, 11) is 0. The highest BCUT2D eigenvalue weighted by Crippen LogP contribution is 2.42. The fourth-order valence-electron chi connectivity index (χ4n) is 2.57. The molecule has 88 valence electrons. The molecule has 1 aliphatic rings. The lowest BCUT2D eigenvalue weighted by atomic mass is 9.82. The van der Waals surface area contributed by atoms with Crippen molar-refractivity contribution in [3.8, 4) is 0 Å². The smallest absolute Gasteiger partial charge is 0.126 e. The summed E-state index contributed by atoms with van der Waals surface area (Å²) >= 11 is 9.46. The first-order valence-electron chi connectivity index (χ1n) is 5.65. The fraction of sp³-hybridized carbons (Fsp3) is 0.538. The summed E-state index contributed by atoms with van der Waals surface area (Å²) in [5, 5.41) is 0. The van der Waals surface area contributed by atoms with E-state index in [0.29, 0.717) is 5.88 Å². The molecule has 16 heavy (non-hydrogen) atoms. The standard InChI is InChI=1S/C13H15BrClF/c14-11-3-4-12(16)10(7-11)8-13(9-15)5-1-2-6-13/h3-4,7H,1-2,5-6,8-9H2. The first kappa shape index (κ1) is 12.4. The fourth-order valence-corrected chi connectivity index (χ4v) is 3.34. The van der Waals surface area contributed by atoms with Gasteiger partial charge in [-0.05, 0) is 48.4 Å². The van der Waals surface area contributed by atoms with Gasteiger partial charge in [-0.25, -0.2) is 4.39 Å². The van der Waals surface area contributed by atoms with Crippen LogP contribution in [0.4, 0.5) is 4.39 Å². The molecule has 1 saturated carbocycles. The summed E-state index contributed by atoms with van der Waals surface area (Å²) in [6, 6.07) is 5.14. The van der Waals surface area contributed by atoms with Crippen molar-refractivity contribution in [2.45, 2.75) is 32.1 Å². The average molecular weight is 306 g/mol. The van der Waals surface area contributed by atoms with E-state index in [-0.39, 0.29) is 11.2 Å². The van der Waals surface area contributed by atoms with Crippen LogP contribution < -0.4 is 0 Å². The predicted octanol–water partition coefficient (Wildman–Crippen LogP) is 4.93. The van der Waals surface area contributed by atoms with Gasteiger partial charge in [0, 0.05) is 10.4 Å². The van der Waals surface area contributed by atoms with E-state index in [1.165, 1.54) is 18.9 Å². The maximum absolute atomic E-state index is 13.7. The number of benzene rings is 1. The van der Waals surface area contributed by atoms with Crippen molar-refractivity contribution in [1.29, 1.82) is 0 Å². The number of halogens is 3. The Hall–Kier alpha value is -0.0800. The lowest BCUT2D eigenvalue weighted by molar-refractivity contribution is 0.335. The summed E-state index contributed by atoms with van der Waals surface area (Å²) in [5.74, 6) is 0.526. The number of hydrogen-bond donors (Lipinski definition) is 0. The zero-order valence-electron chi connectivity index (χ0n) is 9.11. The average Bonchev–Trinajstić information content (AvgIpc) is 2.73. The van der Waals surface area contributed by atoms with Crippen LogP contribution >= 0.6 is 27.5 Å². The highest BCUT2D eigenvalue weighted by Gasteiger charge is 2.33. The van der Waals surface area contributed by atoms with Crippen LogP contribution in [0.1, 0.15) is 31.2 Å². The second kappa shape index (κ2) is 5.05. The van der Waals surface area contributed by atoms with Gasteiger partial charge in [0.2, 0.25) is 0 Å². The number of rotatable bonds is 3. The van der Waals surface area contributed by atoms with Crippen LogP contribution in [-0.2, 0) is 6.42 Å². The Kier molecular flexibility index (Phi) is 3.91. The molecule has 1 aromatic carbocycles. The van der Waals surface area contributed by atoms with Gasteiger partial charge < -0.3 is 0 Å². The Labute approximate surface area is 109 Å². The Bertz CT molecular complexity index is 372. The van der Waals surface area contributed by atoms with Crippen molar-refractivity contribution in [3.63, 3.8) is 0 Å². The van der Waals surface area contributed by atoms with Gasteiger partial charge in [-0.2, -0.15) is 0 Å². The van der Waals surface area contributed by atoms with Crippen LogP contribution in [-0.4, -0.2) is 5.88 Å². The van der Waals surface area contributed by atoms with Crippen molar-refractivity contribution in [3.05, 3.63) is 34.1 Å². The predicted molar refractivity (Wildman–Crippen MR) is 69.4 cm³/mol. The molecule has 0 bridgehead atoms. The van der Waals surface area contributed by atoms with E-state index in [1.807, 2.05) is 6.07 Å². The van der Waals surface area contributed by atoms with Crippen molar-refractivity contribution < 1.29 is 4.39 Å². The van der Waals surface area contributed by atoms with Crippen molar-refractivity contribution in [1.82, 2.24) is 0 Å². The normalized spacial score (nSPS) is 18.9. The van der Waals surface area contributed by atoms with Gasteiger partial charge in [0.05, 0.1) is 0 Å². The van der Waals surface area contributed by atoms with E-state index in [2.05, 4.69) is 15.9 Å². The second-order valence-corrected chi connectivity index (χ2v) is 5.94. The van der Waals surface area contributed by atoms with E-state index in [1.54, 1.807) is 6.07 Å². The van der Waals surface area contributed by atoms with Gasteiger partial charge in [0.15, 0.2) is 0 Å². The molecule has 3 heteroatoms. The van der Waals surface area contributed by atoms with Crippen LogP contribution in [0.25, 0.3) is 0 Å². The minimum Gasteiger partial charge on any atom is -0.207 e. The molecule has 1 fully saturated rings. The van der Waals surface area contributed by atoms with Gasteiger partial charge >= 0.3 is 0 Å². The van der Waals surface area contributed by atoms with E-state index in [4.69, 9.17) is 11.6 Å². The topological polar surface area (TPSA) is 0 Å². The Balaban J connectivity index is 2.21. The van der Waals surface area contributed by atoms with Gasteiger partial charge in [-0.1, -0.05) is 28.8 Å². The summed E-state index contributed by atoms with van der Waals surface area (Å²) in [4.78, 5) is 0. The zero-order chi connectivity index (χ0) is 11.6. The molecule has 0 N–H and O–H groups in total. The van der Waals surface area contributed by atoms with E-state index in [9.17, 15) is 4.39 Å². The van der Waals surface area contributed by atoms with Gasteiger partial charge in [0.1, 0.15) is 5.82 Å². The quantitative estimate of drug-likeness (QED) is 0.695. The maximum Gasteiger partial charge on any atom is 0.126 e. The van der Waals surface area contributed by atoms with Crippen molar-refractivity contribution >= 4 is 27.5 Å². The van der Waals surface area contributed by atoms with E-state index >= 15 is 0 Å². The molecule has 0 heterocycles. The third-order valence-electron chi connectivity index (χ3n) is 3.52. The zero-order valence-corrected chi connectivity index (χ0v) is 11.5. The van der Waals surface area contributed by atoms with Gasteiger partial charge in [-0.15, -0.1) is 11.6 Å². The molecule has 0 nitrogen and oxygen atoms in total. The number of hydrogen-bond acceptors (Lipinski definition) is 0. The lowest BCUT2D eigenvalue weighted by Crippen LogP contribution is -2.22. The summed E-state index contributed by atoms with van der Waals surface area (Å²) in [5.41, 5.74) is 0.917. The van der Waals surface area contributed by atoms with E-state index in [0.717, 1.165) is 29.3 Å². The van der Waals surface area contributed by atoms with Crippen molar-refractivity contribution in [2.75, 3.05) is 5.88 Å². The molecule has 0 amide bonds. The molecule has 0 unspecified atom stereocenters. The molecule has 0 aromatic heterocycles. The SMILES string of the molecule is Fc1ccc(Br)cc1CC1(CCl)CCCC1. The third-order valence-corrected chi connectivity index (χ3v) is 4.58. The van der Waals surface area contributed by atoms with Crippen LogP contribution in [0.5, 0.6) is 0 Å². The van der Waals surface area contributed by atoms with Gasteiger partial charge in [-0.3, -0.25) is 0 Å². The molecule has 0 atom stereocenters. The first-order chi connectivity index (χ1) is 7.65. The monoisotopic (exact) mass is 304 g/mol. The Morgan fingerprint density at radius 2 is 2.00 bits per heavy atom. The van der Waals surface area contributed by atoms with Crippen LogP contribution in [0.15, 0.2) is 22.7 Å². The summed E-state index contributed by atoms with van der Waals surface area (Å²) < 4.78 is 14.6. The Morgan fingerprint density at radius 1 is 1.31 bits per heavy atom. The molecule has 0 saturated heterocycles. The minimum atomic E-state index is -0.111. The molecule has 1 aliphatic carbocycles. The molecule has 0 spiro atoms. The Morgan fingerprint density at radius 3 is 2.62 bits per heavy atom. The highest BCUT2D eigenvalue weighted by molar-refractivity contribution is 9.10. The second-order valence-electron chi connectivity index (χ2n) is 4.75. The third kappa shape index (κ3) is 2.60. The molecule has 2 rings (SSSR count). The molecular formula is C13H15BrClF. The van der Waals surface area contributed by atoms with Crippen LogP contribution in [0.2, 0.25) is 0 Å². The van der Waals surface area contributed by atoms with Crippen LogP contribution in [0, 0.1) is 11.2 Å². The summed E-state index contributed by atoms with van der Waals surface area (Å²) in [6.07, 6.45) is 5.47. The van der Waals surface area contributed by atoms with Crippen LogP contribution in [0.3, 0.4) is 0 Å². The van der Waals surface area contributed by atoms with Crippen molar-refractivity contribution in [2.24, 2.45) is 5.41 Å². The highest BCUT2D eigenvalue weighted by atomic mass is 79.9. The molecular weight excluding hydrogens is 290 g/mol.